The molecule has 1 aromatic carbocycles. The van der Waals surface area contributed by atoms with E-state index < -0.39 is 0 Å². The first-order valence-corrected chi connectivity index (χ1v) is 10.5. The van der Waals surface area contributed by atoms with Gasteiger partial charge >= 0.3 is 0 Å². The maximum Gasteiger partial charge on any atom is 0.249 e. The minimum atomic E-state index is 0.249. The van der Waals surface area contributed by atoms with Crippen LogP contribution in [0.15, 0.2) is 29.8 Å². The Morgan fingerprint density at radius 2 is 2.00 bits per heavy atom. The Balaban J connectivity index is 1.43. The summed E-state index contributed by atoms with van der Waals surface area (Å²) in [6.45, 7) is 4.83. The lowest BCUT2D eigenvalue weighted by molar-refractivity contribution is -0.126. The summed E-state index contributed by atoms with van der Waals surface area (Å²) in [4.78, 5) is 17.5. The van der Waals surface area contributed by atoms with Crippen molar-refractivity contribution in [3.05, 3.63) is 35.4 Å². The second-order valence-corrected chi connectivity index (χ2v) is 8.57. The number of piperidine rings is 1. The van der Waals surface area contributed by atoms with E-state index in [4.69, 9.17) is 9.47 Å². The van der Waals surface area contributed by atoms with Gasteiger partial charge in [0.25, 0.3) is 0 Å². The molecule has 2 fully saturated rings. The Bertz CT molecular complexity index is 760. The van der Waals surface area contributed by atoms with E-state index in [0.717, 1.165) is 75.5 Å². The van der Waals surface area contributed by atoms with Gasteiger partial charge in [-0.05, 0) is 51.1 Å². The van der Waals surface area contributed by atoms with Crippen LogP contribution in [0.3, 0.4) is 0 Å². The van der Waals surface area contributed by atoms with Gasteiger partial charge in [-0.15, -0.1) is 0 Å². The smallest absolute Gasteiger partial charge is 0.249 e. The van der Waals surface area contributed by atoms with Crippen LogP contribution >= 0.6 is 0 Å². The van der Waals surface area contributed by atoms with Gasteiger partial charge in [-0.3, -0.25) is 9.69 Å². The topological polar surface area (TPSA) is 42.0 Å². The number of ether oxygens (including phenoxy) is 2. The van der Waals surface area contributed by atoms with Crippen LogP contribution in [0.2, 0.25) is 0 Å². The Morgan fingerprint density at radius 3 is 2.75 bits per heavy atom. The third kappa shape index (κ3) is 3.77. The van der Waals surface area contributed by atoms with Crippen molar-refractivity contribution < 1.29 is 14.3 Å². The largest absolute Gasteiger partial charge is 0.493 e. The number of allylic oxidation sites excluding steroid dienone is 1. The number of carbonyl (C=O) groups is 1. The second kappa shape index (κ2) is 8.16. The Labute approximate surface area is 168 Å². The first-order chi connectivity index (χ1) is 13.6. The van der Waals surface area contributed by atoms with E-state index in [1.807, 2.05) is 12.1 Å². The summed E-state index contributed by atoms with van der Waals surface area (Å²) in [7, 11) is 3.39. The van der Waals surface area contributed by atoms with Gasteiger partial charge in [0.05, 0.1) is 14.2 Å². The number of likely N-dealkylation sites (tertiary alicyclic amines) is 2. The first kappa shape index (κ1) is 19.3. The van der Waals surface area contributed by atoms with Crippen LogP contribution in [-0.2, 0) is 11.3 Å². The summed E-state index contributed by atoms with van der Waals surface area (Å²) in [6.07, 6.45) is 8.85. The Morgan fingerprint density at radius 1 is 1.11 bits per heavy atom. The van der Waals surface area contributed by atoms with E-state index in [2.05, 4.69) is 21.9 Å². The van der Waals surface area contributed by atoms with Crippen LogP contribution in [-0.4, -0.2) is 56.1 Å². The summed E-state index contributed by atoms with van der Waals surface area (Å²) in [6, 6.07) is 6.10. The number of rotatable bonds is 5. The van der Waals surface area contributed by atoms with Crippen molar-refractivity contribution in [2.45, 2.75) is 45.1 Å². The maximum atomic E-state index is 12.8. The molecule has 2 aliphatic heterocycles. The van der Waals surface area contributed by atoms with Gasteiger partial charge in [-0.2, -0.15) is 0 Å². The molecule has 0 N–H and O–H groups in total. The summed E-state index contributed by atoms with van der Waals surface area (Å²) in [5.41, 5.74) is 2.46. The van der Waals surface area contributed by atoms with E-state index in [9.17, 15) is 4.79 Å². The van der Waals surface area contributed by atoms with Crippen molar-refractivity contribution in [2.24, 2.45) is 5.41 Å². The van der Waals surface area contributed by atoms with E-state index >= 15 is 0 Å². The molecular formula is C23H32N2O3. The number of carbonyl (C=O) groups excluding carboxylic acids is 1. The van der Waals surface area contributed by atoms with Gasteiger partial charge in [-0.1, -0.05) is 18.2 Å². The van der Waals surface area contributed by atoms with Crippen LogP contribution in [0.25, 0.3) is 0 Å². The highest BCUT2D eigenvalue weighted by Crippen LogP contribution is 2.41. The lowest BCUT2D eigenvalue weighted by Crippen LogP contribution is -2.45. The highest BCUT2D eigenvalue weighted by atomic mass is 16.5. The molecule has 1 amide bonds. The quantitative estimate of drug-likeness (QED) is 0.777. The van der Waals surface area contributed by atoms with Crippen molar-refractivity contribution in [2.75, 3.05) is 40.4 Å². The minimum Gasteiger partial charge on any atom is -0.493 e. The van der Waals surface area contributed by atoms with Gasteiger partial charge < -0.3 is 14.4 Å². The number of para-hydroxylation sites is 1. The highest BCUT2D eigenvalue weighted by molar-refractivity contribution is 5.94. The standard InChI is InChI=1S/C23H32N2O3/c1-27-20-10-5-9-19(21(20)28-2)15-24-13-6-11-23(16-24)12-14-25(17-23)22(26)18-7-3-4-8-18/h5,7,9-10H,3-4,6,8,11-17H2,1-2H3. The zero-order valence-corrected chi connectivity index (χ0v) is 17.2. The normalized spacial score (nSPS) is 25.2. The van der Waals surface area contributed by atoms with Gasteiger partial charge in [0.1, 0.15) is 0 Å². The summed E-state index contributed by atoms with van der Waals surface area (Å²) < 4.78 is 11.1. The SMILES string of the molecule is COc1cccc(CN2CCCC3(CCN(C(=O)C4=CCCC4)C3)C2)c1OC. The lowest BCUT2D eigenvalue weighted by atomic mass is 9.79. The summed E-state index contributed by atoms with van der Waals surface area (Å²) in [5.74, 6) is 1.91. The van der Waals surface area contributed by atoms with Gasteiger partial charge in [0, 0.05) is 42.7 Å². The molecule has 4 rings (SSSR count). The zero-order valence-electron chi connectivity index (χ0n) is 17.2. The maximum absolute atomic E-state index is 12.8. The van der Waals surface area contributed by atoms with Gasteiger partial charge in [0.15, 0.2) is 11.5 Å². The average Bonchev–Trinajstić information content (AvgIpc) is 3.38. The third-order valence-corrected chi connectivity index (χ3v) is 6.66. The first-order valence-electron chi connectivity index (χ1n) is 10.5. The van der Waals surface area contributed by atoms with Crippen molar-refractivity contribution in [3.63, 3.8) is 0 Å². The molecule has 1 spiro atoms. The fourth-order valence-corrected chi connectivity index (χ4v) is 5.27. The van der Waals surface area contributed by atoms with E-state index in [1.165, 1.54) is 18.4 Å². The van der Waals surface area contributed by atoms with Crippen molar-refractivity contribution in [1.29, 1.82) is 0 Å². The molecule has 1 aliphatic carbocycles. The molecule has 5 heteroatoms. The molecule has 0 radical (unpaired) electrons. The molecular weight excluding hydrogens is 352 g/mol. The Hall–Kier alpha value is -2.01. The minimum absolute atomic E-state index is 0.249. The van der Waals surface area contributed by atoms with Crippen LogP contribution in [0.5, 0.6) is 11.5 Å². The third-order valence-electron chi connectivity index (χ3n) is 6.66. The fourth-order valence-electron chi connectivity index (χ4n) is 5.27. The number of benzene rings is 1. The van der Waals surface area contributed by atoms with Crippen molar-refractivity contribution >= 4 is 5.91 Å². The molecule has 0 aromatic heterocycles. The molecule has 2 saturated heterocycles. The van der Waals surface area contributed by atoms with E-state index in [1.54, 1.807) is 14.2 Å². The van der Waals surface area contributed by atoms with Crippen molar-refractivity contribution in [1.82, 2.24) is 9.80 Å². The van der Waals surface area contributed by atoms with Crippen molar-refractivity contribution in [3.8, 4) is 11.5 Å². The Kier molecular flexibility index (Phi) is 5.63. The van der Waals surface area contributed by atoms with Crippen LogP contribution < -0.4 is 9.47 Å². The molecule has 1 atom stereocenters. The fraction of sp³-hybridized carbons (Fsp3) is 0.609. The highest BCUT2D eigenvalue weighted by Gasteiger charge is 2.43. The molecule has 3 aliphatic rings. The number of hydrogen-bond acceptors (Lipinski definition) is 4. The second-order valence-electron chi connectivity index (χ2n) is 8.57. The van der Waals surface area contributed by atoms with Crippen LogP contribution in [0.1, 0.15) is 44.1 Å². The van der Waals surface area contributed by atoms with E-state index in [0.29, 0.717) is 5.91 Å². The number of hydrogen-bond donors (Lipinski definition) is 0. The molecule has 1 aromatic rings. The monoisotopic (exact) mass is 384 g/mol. The molecule has 28 heavy (non-hydrogen) atoms. The molecule has 152 valence electrons. The predicted octanol–water partition coefficient (Wildman–Crippen LogP) is 3.63. The molecule has 1 unspecified atom stereocenters. The van der Waals surface area contributed by atoms with E-state index in [-0.39, 0.29) is 5.41 Å². The van der Waals surface area contributed by atoms with Gasteiger partial charge in [-0.25, -0.2) is 0 Å². The average molecular weight is 385 g/mol. The number of methoxy groups -OCH3 is 2. The summed E-state index contributed by atoms with van der Waals surface area (Å²) in [5, 5.41) is 0. The molecule has 0 bridgehead atoms. The number of nitrogens with zero attached hydrogens (tertiary/aromatic N) is 2. The zero-order chi connectivity index (χ0) is 19.6. The lowest BCUT2D eigenvalue weighted by Gasteiger charge is -2.40. The van der Waals surface area contributed by atoms with Crippen LogP contribution in [0, 0.1) is 5.41 Å². The van der Waals surface area contributed by atoms with Crippen LogP contribution in [0.4, 0.5) is 0 Å². The van der Waals surface area contributed by atoms with Gasteiger partial charge in [0.2, 0.25) is 5.91 Å². The molecule has 0 saturated carbocycles. The molecule has 2 heterocycles. The number of amides is 1. The predicted molar refractivity (Wildman–Crippen MR) is 110 cm³/mol. The molecule has 5 nitrogen and oxygen atoms in total. The summed E-state index contributed by atoms with van der Waals surface area (Å²) >= 11 is 0.